The molecule has 3 heteroatoms. The van der Waals surface area contributed by atoms with E-state index in [0.717, 1.165) is 5.56 Å². The number of benzene rings is 1. The highest BCUT2D eigenvalue weighted by Crippen LogP contribution is 2.16. The van der Waals surface area contributed by atoms with Gasteiger partial charge in [0.15, 0.2) is 0 Å². The molecule has 0 heterocycles. The maximum Gasteiger partial charge on any atom is 0.124 e. The first-order valence-electron chi connectivity index (χ1n) is 3.22. The largest absolute Gasteiger partial charge is 0.384 e. The number of hydrogen-bond donors (Lipinski definition) is 2. The molecule has 0 aliphatic heterocycles. The van der Waals surface area contributed by atoms with Crippen LogP contribution in [0.15, 0.2) is 18.2 Å². The molecule has 0 amide bonds. The third-order valence-corrected chi connectivity index (χ3v) is 1.74. The summed E-state index contributed by atoms with van der Waals surface area (Å²) < 4.78 is 0. The Hall–Kier alpha value is -1.02. The summed E-state index contributed by atoms with van der Waals surface area (Å²) in [5, 5.41) is 7.70. The molecule has 1 rings (SSSR count). The number of halogens is 1. The number of amidine groups is 1. The van der Waals surface area contributed by atoms with Crippen molar-refractivity contribution in [1.82, 2.24) is 0 Å². The molecular formula is C8H9ClN2. The van der Waals surface area contributed by atoms with Gasteiger partial charge >= 0.3 is 0 Å². The lowest BCUT2D eigenvalue weighted by atomic mass is 10.1. The minimum absolute atomic E-state index is 0.0127. The van der Waals surface area contributed by atoms with Gasteiger partial charge in [-0.25, -0.2) is 0 Å². The number of hydrogen-bond acceptors (Lipinski definition) is 1. The molecule has 0 aliphatic rings. The third-order valence-electron chi connectivity index (χ3n) is 1.41. The van der Waals surface area contributed by atoms with Crippen LogP contribution in [0.3, 0.4) is 0 Å². The third kappa shape index (κ3) is 1.71. The molecule has 2 nitrogen and oxygen atoms in total. The Balaban J connectivity index is 3.23. The molecule has 0 unspecified atom stereocenters. The van der Waals surface area contributed by atoms with Crippen molar-refractivity contribution in [2.75, 3.05) is 0 Å². The Morgan fingerprint density at radius 2 is 2.18 bits per heavy atom. The molecule has 0 saturated heterocycles. The van der Waals surface area contributed by atoms with Crippen molar-refractivity contribution in [2.24, 2.45) is 5.73 Å². The van der Waals surface area contributed by atoms with E-state index in [4.69, 9.17) is 22.7 Å². The van der Waals surface area contributed by atoms with E-state index in [1.54, 1.807) is 12.1 Å². The molecule has 0 aromatic heterocycles. The van der Waals surface area contributed by atoms with E-state index in [9.17, 15) is 0 Å². The summed E-state index contributed by atoms with van der Waals surface area (Å²) in [6, 6.07) is 5.42. The van der Waals surface area contributed by atoms with Crippen molar-refractivity contribution in [2.45, 2.75) is 6.92 Å². The van der Waals surface area contributed by atoms with Gasteiger partial charge in [0.1, 0.15) is 5.84 Å². The van der Waals surface area contributed by atoms with Gasteiger partial charge in [0.05, 0.1) is 5.02 Å². The number of nitrogens with one attached hydrogen (secondary N) is 1. The van der Waals surface area contributed by atoms with Crippen LogP contribution in [0.5, 0.6) is 0 Å². The van der Waals surface area contributed by atoms with Gasteiger partial charge in [-0.05, 0) is 19.1 Å². The lowest BCUT2D eigenvalue weighted by molar-refractivity contribution is 1.39. The van der Waals surface area contributed by atoms with Crippen LogP contribution in [-0.2, 0) is 0 Å². The second kappa shape index (κ2) is 2.93. The highest BCUT2D eigenvalue weighted by Gasteiger charge is 2.01. The molecule has 1 aromatic rings. The summed E-state index contributed by atoms with van der Waals surface area (Å²) >= 11 is 5.77. The second-order valence-corrected chi connectivity index (χ2v) is 2.80. The van der Waals surface area contributed by atoms with E-state index < -0.39 is 0 Å². The van der Waals surface area contributed by atoms with E-state index in [2.05, 4.69) is 0 Å². The van der Waals surface area contributed by atoms with Crippen LogP contribution < -0.4 is 5.73 Å². The van der Waals surface area contributed by atoms with Gasteiger partial charge in [-0.2, -0.15) is 0 Å². The van der Waals surface area contributed by atoms with Crippen LogP contribution in [0.25, 0.3) is 0 Å². The number of aryl methyl sites for hydroxylation is 1. The Morgan fingerprint density at radius 1 is 1.55 bits per heavy atom. The van der Waals surface area contributed by atoms with Crippen molar-refractivity contribution < 1.29 is 0 Å². The van der Waals surface area contributed by atoms with Gasteiger partial charge in [-0.1, -0.05) is 23.2 Å². The zero-order chi connectivity index (χ0) is 8.43. The van der Waals surface area contributed by atoms with E-state index >= 15 is 0 Å². The van der Waals surface area contributed by atoms with Crippen molar-refractivity contribution in [3.63, 3.8) is 0 Å². The molecule has 3 N–H and O–H groups in total. The normalized spacial score (nSPS) is 9.64. The van der Waals surface area contributed by atoms with Crippen LogP contribution in [0.2, 0.25) is 5.02 Å². The Labute approximate surface area is 70.5 Å². The van der Waals surface area contributed by atoms with Crippen molar-refractivity contribution >= 4 is 17.4 Å². The highest BCUT2D eigenvalue weighted by atomic mass is 35.5. The van der Waals surface area contributed by atoms with Crippen LogP contribution in [0.1, 0.15) is 11.1 Å². The van der Waals surface area contributed by atoms with Gasteiger partial charge in [0.25, 0.3) is 0 Å². The maximum atomic E-state index is 7.17. The van der Waals surface area contributed by atoms with Gasteiger partial charge < -0.3 is 5.73 Å². The molecule has 0 atom stereocenters. The zero-order valence-electron chi connectivity index (χ0n) is 6.19. The van der Waals surface area contributed by atoms with Crippen molar-refractivity contribution in [1.29, 1.82) is 5.41 Å². The summed E-state index contributed by atoms with van der Waals surface area (Å²) in [4.78, 5) is 0. The summed E-state index contributed by atoms with van der Waals surface area (Å²) in [6.45, 7) is 1.93. The summed E-state index contributed by atoms with van der Waals surface area (Å²) in [5.41, 5.74) is 6.94. The molecule has 0 fully saturated rings. The summed E-state index contributed by atoms with van der Waals surface area (Å²) in [6.07, 6.45) is 0. The Kier molecular flexibility index (Phi) is 2.15. The predicted molar refractivity (Wildman–Crippen MR) is 47.2 cm³/mol. The smallest absolute Gasteiger partial charge is 0.124 e. The van der Waals surface area contributed by atoms with E-state index in [0.29, 0.717) is 10.6 Å². The minimum Gasteiger partial charge on any atom is -0.384 e. The van der Waals surface area contributed by atoms with E-state index in [1.807, 2.05) is 13.0 Å². The molecule has 1 aromatic carbocycles. The molecule has 11 heavy (non-hydrogen) atoms. The van der Waals surface area contributed by atoms with Gasteiger partial charge in [-0.15, -0.1) is 0 Å². The lowest BCUT2D eigenvalue weighted by Gasteiger charge is -2.01. The average Bonchev–Trinajstić information content (AvgIpc) is 1.94. The Bertz CT molecular complexity index is 294. The minimum atomic E-state index is 0.0127. The number of nitrogen functional groups attached to an aromatic ring is 1. The molecule has 0 saturated carbocycles. The molecule has 58 valence electrons. The lowest BCUT2D eigenvalue weighted by Crippen LogP contribution is -2.11. The summed E-state index contributed by atoms with van der Waals surface area (Å²) in [7, 11) is 0. The molecule has 0 bridgehead atoms. The fourth-order valence-corrected chi connectivity index (χ4v) is 1.06. The Morgan fingerprint density at radius 3 is 2.64 bits per heavy atom. The zero-order valence-corrected chi connectivity index (χ0v) is 6.94. The fraction of sp³-hybridized carbons (Fsp3) is 0.125. The van der Waals surface area contributed by atoms with Crippen LogP contribution >= 0.6 is 11.6 Å². The quantitative estimate of drug-likeness (QED) is 0.489. The van der Waals surface area contributed by atoms with Crippen LogP contribution in [0, 0.1) is 12.3 Å². The van der Waals surface area contributed by atoms with Gasteiger partial charge in [0, 0.05) is 5.56 Å². The summed E-state index contributed by atoms with van der Waals surface area (Å²) in [5.74, 6) is 0.0127. The topological polar surface area (TPSA) is 49.9 Å². The SMILES string of the molecule is Cc1ccc(Cl)c(C(=N)N)c1. The van der Waals surface area contributed by atoms with E-state index in [1.165, 1.54) is 0 Å². The first-order valence-corrected chi connectivity index (χ1v) is 3.59. The molecular weight excluding hydrogens is 160 g/mol. The predicted octanol–water partition coefficient (Wildman–Crippen LogP) is 1.93. The first kappa shape index (κ1) is 8.08. The standard InChI is InChI=1S/C8H9ClN2/c1-5-2-3-7(9)6(4-5)8(10)11/h2-4H,1H3,(H3,10,11). The van der Waals surface area contributed by atoms with Crippen molar-refractivity contribution in [3.8, 4) is 0 Å². The van der Waals surface area contributed by atoms with Gasteiger partial charge in [-0.3, -0.25) is 5.41 Å². The van der Waals surface area contributed by atoms with Crippen LogP contribution in [0.4, 0.5) is 0 Å². The molecule has 0 aliphatic carbocycles. The molecule has 0 radical (unpaired) electrons. The number of rotatable bonds is 1. The van der Waals surface area contributed by atoms with Gasteiger partial charge in [0.2, 0.25) is 0 Å². The van der Waals surface area contributed by atoms with Crippen LogP contribution in [-0.4, -0.2) is 5.84 Å². The second-order valence-electron chi connectivity index (χ2n) is 2.40. The average molecular weight is 169 g/mol. The fourth-order valence-electron chi connectivity index (χ4n) is 0.846. The highest BCUT2D eigenvalue weighted by molar-refractivity contribution is 6.33. The van der Waals surface area contributed by atoms with Crippen molar-refractivity contribution in [3.05, 3.63) is 34.3 Å². The molecule has 0 spiro atoms. The monoisotopic (exact) mass is 168 g/mol. The maximum absolute atomic E-state index is 7.17. The number of nitrogens with two attached hydrogens (primary N) is 1. The van der Waals surface area contributed by atoms with E-state index in [-0.39, 0.29) is 5.84 Å². The first-order chi connectivity index (χ1) is 5.11.